The first-order valence-electron chi connectivity index (χ1n) is 5.45. The van der Waals surface area contributed by atoms with Crippen LogP contribution in [0.3, 0.4) is 0 Å². The lowest BCUT2D eigenvalue weighted by Crippen LogP contribution is -2.39. The van der Waals surface area contributed by atoms with Crippen molar-refractivity contribution < 1.29 is 24.5 Å². The Balaban J connectivity index is 0. The molecule has 1 atom stereocenters. The molecule has 3 N–H and O–H groups in total. The summed E-state index contributed by atoms with van der Waals surface area (Å²) in [7, 11) is 0. The molecule has 0 saturated carbocycles. The molecule has 0 aliphatic heterocycles. The van der Waals surface area contributed by atoms with Gasteiger partial charge >= 0.3 is 5.97 Å². The van der Waals surface area contributed by atoms with Crippen LogP contribution in [0.15, 0.2) is 12.2 Å². The van der Waals surface area contributed by atoms with Gasteiger partial charge in [-0.15, -0.1) is 0 Å². The Hall–Kier alpha value is -1.40. The van der Waals surface area contributed by atoms with Crippen molar-refractivity contribution in [2.75, 3.05) is 13.2 Å². The van der Waals surface area contributed by atoms with Gasteiger partial charge in [0.2, 0.25) is 12.1 Å². The van der Waals surface area contributed by atoms with Crippen LogP contribution in [0.25, 0.3) is 0 Å². The number of carbonyl (C=O) groups is 2. The normalized spacial score (nSPS) is 11.5. The second-order valence-electron chi connectivity index (χ2n) is 2.84. The molecule has 0 radical (unpaired) electrons. The maximum absolute atomic E-state index is 10.7. The smallest absolute Gasteiger partial charge is 0.353 e. The van der Waals surface area contributed by atoms with E-state index >= 15 is 0 Å². The number of ether oxygens (including phenoxy) is 1. The molecule has 0 aliphatic carbocycles. The highest BCUT2D eigenvalue weighted by molar-refractivity contribution is 5.90. The first-order valence-corrected chi connectivity index (χ1v) is 5.45. The molecule has 0 saturated heterocycles. The molecule has 0 rings (SSSR count). The number of nitrogens with one attached hydrogen (secondary N) is 1. The Morgan fingerprint density at radius 1 is 1.29 bits per heavy atom. The van der Waals surface area contributed by atoms with Gasteiger partial charge in [-0.1, -0.05) is 13.0 Å². The summed E-state index contributed by atoms with van der Waals surface area (Å²) in [6.07, 6.45) is 1.58. The fourth-order valence-electron chi connectivity index (χ4n) is 0.674. The van der Waals surface area contributed by atoms with E-state index in [1.54, 1.807) is 6.08 Å². The Morgan fingerprint density at radius 2 is 1.82 bits per heavy atom. The third-order valence-electron chi connectivity index (χ3n) is 1.43. The lowest BCUT2D eigenvalue weighted by molar-refractivity contribution is -0.150. The molecule has 0 bridgehead atoms. The van der Waals surface area contributed by atoms with Crippen LogP contribution in [0.5, 0.6) is 0 Å². The Morgan fingerprint density at radius 3 is 2.12 bits per heavy atom. The van der Waals surface area contributed by atoms with Crippen molar-refractivity contribution in [3.63, 3.8) is 0 Å². The molecule has 1 amide bonds. The number of hydrogen-bond acceptors (Lipinski definition) is 4. The van der Waals surface area contributed by atoms with Crippen LogP contribution in [0.1, 0.15) is 27.2 Å². The first kappa shape index (κ1) is 18.0. The van der Waals surface area contributed by atoms with Crippen molar-refractivity contribution in [2.45, 2.75) is 33.4 Å². The summed E-state index contributed by atoms with van der Waals surface area (Å²) in [5.41, 5.74) is 0. The molecule has 0 aliphatic rings. The van der Waals surface area contributed by atoms with Crippen LogP contribution in [0.4, 0.5) is 0 Å². The fourth-order valence-corrected chi connectivity index (χ4v) is 0.674. The zero-order valence-electron chi connectivity index (χ0n) is 10.5. The standard InChI is InChI=1S/C7H11NO4.C4H10O/c1-2-3-4-5(9)8-6(10)7(11)12;1-3-5-4-2/h3-4,6,10H,2H2,1H3,(H,8,9)(H,11,12);3-4H2,1-2H3. The molecule has 100 valence electrons. The van der Waals surface area contributed by atoms with Gasteiger partial charge in [0.25, 0.3) is 0 Å². The van der Waals surface area contributed by atoms with E-state index in [-0.39, 0.29) is 0 Å². The van der Waals surface area contributed by atoms with Gasteiger partial charge in [-0.05, 0) is 26.3 Å². The second kappa shape index (κ2) is 12.7. The average Bonchev–Trinajstić information content (AvgIpc) is 2.28. The Bertz CT molecular complexity index is 238. The minimum absolute atomic E-state index is 0.619. The van der Waals surface area contributed by atoms with E-state index < -0.39 is 18.1 Å². The van der Waals surface area contributed by atoms with Crippen molar-refractivity contribution in [3.8, 4) is 0 Å². The van der Waals surface area contributed by atoms with Crippen molar-refractivity contribution in [1.29, 1.82) is 0 Å². The molecular weight excluding hydrogens is 226 g/mol. The van der Waals surface area contributed by atoms with Gasteiger partial charge in [0.15, 0.2) is 0 Å². The van der Waals surface area contributed by atoms with Crippen LogP contribution in [0, 0.1) is 0 Å². The van der Waals surface area contributed by atoms with Gasteiger partial charge in [0.05, 0.1) is 0 Å². The van der Waals surface area contributed by atoms with E-state index in [0.717, 1.165) is 13.2 Å². The molecule has 6 nitrogen and oxygen atoms in total. The largest absolute Gasteiger partial charge is 0.478 e. The minimum atomic E-state index is -1.83. The summed E-state index contributed by atoms with van der Waals surface area (Å²) in [6.45, 7) is 7.50. The van der Waals surface area contributed by atoms with Gasteiger partial charge in [0, 0.05) is 13.2 Å². The number of aliphatic hydroxyl groups excluding tert-OH is 1. The summed E-state index contributed by atoms with van der Waals surface area (Å²) < 4.78 is 4.83. The molecule has 0 heterocycles. The SMILES string of the molecule is CCC=CC(=O)NC(O)C(=O)O.CCOCC. The quantitative estimate of drug-likeness (QED) is 0.469. The lowest BCUT2D eigenvalue weighted by atomic mass is 10.4. The topological polar surface area (TPSA) is 95.9 Å². The number of amides is 1. The summed E-state index contributed by atoms with van der Waals surface area (Å²) in [4.78, 5) is 20.7. The summed E-state index contributed by atoms with van der Waals surface area (Å²) in [5, 5.41) is 18.6. The van der Waals surface area contributed by atoms with Gasteiger partial charge in [-0.3, -0.25) is 4.79 Å². The zero-order chi connectivity index (χ0) is 13.7. The summed E-state index contributed by atoms with van der Waals surface area (Å²) >= 11 is 0. The maximum Gasteiger partial charge on any atom is 0.353 e. The highest BCUT2D eigenvalue weighted by atomic mass is 16.5. The van der Waals surface area contributed by atoms with Crippen LogP contribution < -0.4 is 5.32 Å². The number of carboxylic acid groups (broad SMARTS) is 1. The molecule has 0 fully saturated rings. The van der Waals surface area contributed by atoms with E-state index in [2.05, 4.69) is 0 Å². The predicted molar refractivity (Wildman–Crippen MR) is 63.4 cm³/mol. The predicted octanol–water partition coefficient (Wildman–Crippen LogP) is 0.515. The lowest BCUT2D eigenvalue weighted by Gasteiger charge is -2.04. The molecule has 0 spiro atoms. The van der Waals surface area contributed by atoms with E-state index in [9.17, 15) is 9.59 Å². The monoisotopic (exact) mass is 247 g/mol. The van der Waals surface area contributed by atoms with E-state index in [1.165, 1.54) is 6.08 Å². The third kappa shape index (κ3) is 14.6. The van der Waals surface area contributed by atoms with Crippen molar-refractivity contribution in [2.24, 2.45) is 0 Å². The van der Waals surface area contributed by atoms with Gasteiger partial charge in [0.1, 0.15) is 0 Å². The zero-order valence-corrected chi connectivity index (χ0v) is 10.5. The molecule has 6 heteroatoms. The highest BCUT2D eigenvalue weighted by Crippen LogP contribution is 1.82. The molecule has 0 aromatic carbocycles. The number of aliphatic hydroxyl groups is 1. The van der Waals surface area contributed by atoms with Crippen molar-refractivity contribution >= 4 is 11.9 Å². The Labute approximate surface area is 101 Å². The maximum atomic E-state index is 10.7. The number of hydrogen-bond donors (Lipinski definition) is 3. The van der Waals surface area contributed by atoms with Crippen molar-refractivity contribution in [1.82, 2.24) is 5.32 Å². The average molecular weight is 247 g/mol. The van der Waals surface area contributed by atoms with E-state index in [1.807, 2.05) is 26.1 Å². The van der Waals surface area contributed by atoms with Gasteiger partial charge in [-0.2, -0.15) is 0 Å². The number of carbonyl (C=O) groups excluding carboxylic acids is 1. The van der Waals surface area contributed by atoms with Crippen LogP contribution in [-0.2, 0) is 14.3 Å². The Kier molecular flexibility index (Phi) is 13.4. The molecule has 17 heavy (non-hydrogen) atoms. The number of allylic oxidation sites excluding steroid dienone is 1. The molecule has 0 aromatic heterocycles. The van der Waals surface area contributed by atoms with E-state index in [0.29, 0.717) is 6.42 Å². The third-order valence-corrected chi connectivity index (χ3v) is 1.43. The van der Waals surface area contributed by atoms with Crippen LogP contribution in [-0.4, -0.2) is 41.5 Å². The fraction of sp³-hybridized carbons (Fsp3) is 0.636. The molecular formula is C11H21NO5. The number of aliphatic carboxylic acids is 1. The number of rotatable bonds is 6. The molecule has 1 unspecified atom stereocenters. The minimum Gasteiger partial charge on any atom is -0.478 e. The van der Waals surface area contributed by atoms with Gasteiger partial charge in [-0.25, -0.2) is 4.79 Å². The van der Waals surface area contributed by atoms with E-state index in [4.69, 9.17) is 14.9 Å². The van der Waals surface area contributed by atoms with Crippen molar-refractivity contribution in [3.05, 3.63) is 12.2 Å². The second-order valence-corrected chi connectivity index (χ2v) is 2.84. The van der Waals surface area contributed by atoms with Gasteiger partial charge < -0.3 is 20.3 Å². The van der Waals surface area contributed by atoms with Crippen LogP contribution >= 0.6 is 0 Å². The summed E-state index contributed by atoms with van der Waals surface area (Å²) in [5.74, 6) is -2.10. The van der Waals surface area contributed by atoms with Crippen LogP contribution in [0.2, 0.25) is 0 Å². The summed E-state index contributed by atoms with van der Waals surface area (Å²) in [6, 6.07) is 0. The number of carboxylic acids is 1. The molecule has 0 aromatic rings. The first-order chi connectivity index (χ1) is 7.99. The highest BCUT2D eigenvalue weighted by Gasteiger charge is 2.13.